The first-order valence-corrected chi connectivity index (χ1v) is 5.40. The second kappa shape index (κ2) is 7.26. The van der Waals surface area contributed by atoms with Gasteiger partial charge in [0.15, 0.2) is 0 Å². The van der Waals surface area contributed by atoms with E-state index in [4.69, 9.17) is 10.3 Å². The molecule has 0 spiro atoms. The van der Waals surface area contributed by atoms with Gasteiger partial charge in [-0.3, -0.25) is 0 Å². The summed E-state index contributed by atoms with van der Waals surface area (Å²) < 4.78 is 5.39. The van der Waals surface area contributed by atoms with E-state index >= 15 is 0 Å². The van der Waals surface area contributed by atoms with Crippen LogP contribution in [0.5, 0.6) is 0 Å². The molecule has 1 aliphatic rings. The van der Waals surface area contributed by atoms with Crippen molar-refractivity contribution in [2.75, 3.05) is 19.8 Å². The second-order valence-corrected chi connectivity index (χ2v) is 3.95. The molecule has 15 heavy (non-hydrogen) atoms. The molecule has 0 heterocycles. The highest BCUT2D eigenvalue weighted by atomic mass is 16.5. The highest BCUT2D eigenvalue weighted by Crippen LogP contribution is 2.27. The van der Waals surface area contributed by atoms with Crippen LogP contribution < -0.4 is 0 Å². The standard InChI is InChI=1S/C10H17N3O2/c11-13-12-5-6-15-8-10-3-1-9(7-14)2-4-10/h7,9-10H,1-6,8H2. The van der Waals surface area contributed by atoms with Crippen molar-refractivity contribution >= 4 is 6.29 Å². The van der Waals surface area contributed by atoms with Crippen LogP contribution in [0.1, 0.15) is 25.7 Å². The highest BCUT2D eigenvalue weighted by molar-refractivity contribution is 5.53. The van der Waals surface area contributed by atoms with E-state index < -0.39 is 0 Å². The first-order chi connectivity index (χ1) is 7.36. The Morgan fingerprint density at radius 2 is 2.13 bits per heavy atom. The number of nitrogens with zero attached hydrogens (tertiary/aromatic N) is 3. The Kier molecular flexibility index (Phi) is 5.81. The van der Waals surface area contributed by atoms with Gasteiger partial charge in [-0.15, -0.1) is 0 Å². The first-order valence-electron chi connectivity index (χ1n) is 5.40. The zero-order chi connectivity index (χ0) is 10.9. The molecule has 0 aromatic rings. The summed E-state index contributed by atoms with van der Waals surface area (Å²) in [5.74, 6) is 0.844. The van der Waals surface area contributed by atoms with Gasteiger partial charge in [0.2, 0.25) is 0 Å². The highest BCUT2D eigenvalue weighted by Gasteiger charge is 2.20. The maximum absolute atomic E-state index is 10.5. The van der Waals surface area contributed by atoms with Crippen LogP contribution in [0.4, 0.5) is 0 Å². The van der Waals surface area contributed by atoms with E-state index in [2.05, 4.69) is 10.0 Å². The third-order valence-electron chi connectivity index (χ3n) is 2.84. The number of hydrogen-bond acceptors (Lipinski definition) is 3. The number of aldehydes is 1. The number of hydrogen-bond donors (Lipinski definition) is 0. The number of carbonyl (C=O) groups excluding carboxylic acids is 1. The minimum absolute atomic E-state index is 0.268. The van der Waals surface area contributed by atoms with Gasteiger partial charge < -0.3 is 9.53 Å². The smallest absolute Gasteiger partial charge is 0.123 e. The maximum atomic E-state index is 10.5. The zero-order valence-electron chi connectivity index (χ0n) is 8.84. The molecular weight excluding hydrogens is 194 g/mol. The molecule has 0 bridgehead atoms. The van der Waals surface area contributed by atoms with E-state index in [1.165, 1.54) is 0 Å². The van der Waals surface area contributed by atoms with Crippen LogP contribution in [0.25, 0.3) is 10.4 Å². The van der Waals surface area contributed by atoms with Crippen molar-refractivity contribution in [3.63, 3.8) is 0 Å². The third kappa shape index (κ3) is 4.81. The summed E-state index contributed by atoms with van der Waals surface area (Å²) in [7, 11) is 0. The Balaban J connectivity index is 2.03. The van der Waals surface area contributed by atoms with Crippen LogP contribution in [-0.2, 0) is 9.53 Å². The lowest BCUT2D eigenvalue weighted by Gasteiger charge is -2.24. The van der Waals surface area contributed by atoms with Crippen LogP contribution in [0, 0.1) is 11.8 Å². The van der Waals surface area contributed by atoms with Gasteiger partial charge in [-0.25, -0.2) is 0 Å². The molecule has 0 atom stereocenters. The van der Waals surface area contributed by atoms with E-state index in [1.54, 1.807) is 0 Å². The quantitative estimate of drug-likeness (QED) is 0.222. The van der Waals surface area contributed by atoms with Crippen molar-refractivity contribution in [2.24, 2.45) is 17.0 Å². The Bertz CT molecular complexity index is 231. The normalized spacial score (nSPS) is 25.6. The van der Waals surface area contributed by atoms with E-state index in [0.717, 1.165) is 38.6 Å². The first kappa shape index (κ1) is 12.0. The topological polar surface area (TPSA) is 75.1 Å². The summed E-state index contributed by atoms with van der Waals surface area (Å²) in [5.41, 5.74) is 8.04. The monoisotopic (exact) mass is 211 g/mol. The molecule has 0 aliphatic heterocycles. The predicted molar refractivity (Wildman–Crippen MR) is 56.3 cm³/mol. The van der Waals surface area contributed by atoms with Crippen molar-refractivity contribution in [3.8, 4) is 0 Å². The van der Waals surface area contributed by atoms with Crippen molar-refractivity contribution < 1.29 is 9.53 Å². The van der Waals surface area contributed by atoms with Gasteiger partial charge in [0.1, 0.15) is 6.29 Å². The van der Waals surface area contributed by atoms with Crippen molar-refractivity contribution in [1.82, 2.24) is 0 Å². The molecule has 1 rings (SSSR count). The summed E-state index contributed by atoms with van der Waals surface area (Å²) in [6.45, 7) is 1.63. The summed E-state index contributed by atoms with van der Waals surface area (Å²) >= 11 is 0. The van der Waals surface area contributed by atoms with Gasteiger partial charge in [-0.1, -0.05) is 5.11 Å². The average molecular weight is 211 g/mol. The molecule has 1 fully saturated rings. The van der Waals surface area contributed by atoms with Gasteiger partial charge in [0, 0.05) is 24.0 Å². The minimum atomic E-state index is 0.268. The molecule has 0 radical (unpaired) electrons. The van der Waals surface area contributed by atoms with Crippen LogP contribution in [0.15, 0.2) is 5.11 Å². The summed E-state index contributed by atoms with van der Waals surface area (Å²) in [6.07, 6.45) is 5.20. The Morgan fingerprint density at radius 1 is 1.40 bits per heavy atom. The molecule has 0 aromatic carbocycles. The lowest BCUT2D eigenvalue weighted by Crippen LogP contribution is -2.19. The molecular formula is C10H17N3O2. The van der Waals surface area contributed by atoms with Gasteiger partial charge in [-0.2, -0.15) is 0 Å². The van der Waals surface area contributed by atoms with Crippen LogP contribution in [0.3, 0.4) is 0 Å². The van der Waals surface area contributed by atoms with Crippen LogP contribution in [-0.4, -0.2) is 26.0 Å². The largest absolute Gasteiger partial charge is 0.381 e. The number of azide groups is 1. The Morgan fingerprint density at radius 3 is 2.73 bits per heavy atom. The molecule has 1 aliphatic carbocycles. The predicted octanol–water partition coefficient (Wildman–Crippen LogP) is 2.32. The molecule has 0 unspecified atom stereocenters. The maximum Gasteiger partial charge on any atom is 0.123 e. The number of carbonyl (C=O) groups is 1. The van der Waals surface area contributed by atoms with Crippen molar-refractivity contribution in [2.45, 2.75) is 25.7 Å². The fraction of sp³-hybridized carbons (Fsp3) is 0.900. The third-order valence-corrected chi connectivity index (χ3v) is 2.84. The summed E-state index contributed by atoms with van der Waals surface area (Å²) in [6, 6.07) is 0. The zero-order valence-corrected chi connectivity index (χ0v) is 8.84. The average Bonchev–Trinajstić information content (AvgIpc) is 2.30. The van der Waals surface area contributed by atoms with Crippen molar-refractivity contribution in [3.05, 3.63) is 10.4 Å². The fourth-order valence-corrected chi connectivity index (χ4v) is 1.89. The van der Waals surface area contributed by atoms with E-state index in [1.807, 2.05) is 0 Å². The van der Waals surface area contributed by atoms with Gasteiger partial charge in [0.25, 0.3) is 0 Å². The summed E-state index contributed by atoms with van der Waals surface area (Å²) in [4.78, 5) is 13.2. The molecule has 5 nitrogen and oxygen atoms in total. The molecule has 0 amide bonds. The SMILES string of the molecule is [N-]=[N+]=NCCOCC1CCC(C=O)CC1. The van der Waals surface area contributed by atoms with Crippen LogP contribution in [0.2, 0.25) is 0 Å². The number of ether oxygens (including phenoxy) is 1. The fourth-order valence-electron chi connectivity index (χ4n) is 1.89. The molecule has 0 aromatic heterocycles. The van der Waals surface area contributed by atoms with E-state index in [-0.39, 0.29) is 5.92 Å². The molecule has 84 valence electrons. The Hall–Kier alpha value is -1.06. The van der Waals surface area contributed by atoms with Gasteiger partial charge >= 0.3 is 0 Å². The second-order valence-electron chi connectivity index (χ2n) is 3.95. The van der Waals surface area contributed by atoms with Gasteiger partial charge in [-0.05, 0) is 37.1 Å². The molecule has 0 N–H and O–H groups in total. The summed E-state index contributed by atoms with van der Waals surface area (Å²) in [5, 5.41) is 3.39. The lowest BCUT2D eigenvalue weighted by molar-refractivity contribution is -0.112. The molecule has 5 heteroatoms. The van der Waals surface area contributed by atoms with E-state index in [0.29, 0.717) is 19.1 Å². The Labute approximate surface area is 89.4 Å². The van der Waals surface area contributed by atoms with E-state index in [9.17, 15) is 4.79 Å². The van der Waals surface area contributed by atoms with Gasteiger partial charge in [0.05, 0.1) is 6.61 Å². The number of rotatable bonds is 6. The molecule has 1 saturated carbocycles. The lowest BCUT2D eigenvalue weighted by atomic mass is 9.83. The van der Waals surface area contributed by atoms with Crippen LogP contribution >= 0.6 is 0 Å². The van der Waals surface area contributed by atoms with Crippen molar-refractivity contribution in [1.29, 1.82) is 0 Å². The minimum Gasteiger partial charge on any atom is -0.381 e. The molecule has 0 saturated heterocycles.